The van der Waals surface area contributed by atoms with Crippen LogP contribution >= 0.6 is 27.3 Å². The predicted molar refractivity (Wildman–Crippen MR) is 47.8 cm³/mol. The topological polar surface area (TPSA) is 38.0 Å². The van der Waals surface area contributed by atoms with Crippen molar-refractivity contribution in [3.63, 3.8) is 0 Å². The molecule has 3 N–H and O–H groups in total. The van der Waals surface area contributed by atoms with Crippen molar-refractivity contribution < 1.29 is 0 Å². The number of hydrogen-bond acceptors (Lipinski definition) is 3. The van der Waals surface area contributed by atoms with E-state index >= 15 is 0 Å². The van der Waals surface area contributed by atoms with Crippen LogP contribution in [0.5, 0.6) is 0 Å². The standard InChI is InChI=1S/C6H9BrN2S/c1-4(9-8)5-2-3-6(7)10-5/h2-4,9H,8H2,1H3/t4-/m1/s1. The minimum absolute atomic E-state index is 0.247. The molecule has 1 heterocycles. The van der Waals surface area contributed by atoms with Gasteiger partial charge in [-0.2, -0.15) is 0 Å². The maximum atomic E-state index is 5.25. The maximum Gasteiger partial charge on any atom is 0.0701 e. The van der Waals surface area contributed by atoms with Gasteiger partial charge in [0.15, 0.2) is 0 Å². The van der Waals surface area contributed by atoms with Crippen molar-refractivity contribution in [3.05, 3.63) is 20.8 Å². The number of thiophene rings is 1. The number of hydrogen-bond donors (Lipinski definition) is 2. The van der Waals surface area contributed by atoms with Gasteiger partial charge in [-0.3, -0.25) is 11.3 Å². The molecule has 2 nitrogen and oxygen atoms in total. The van der Waals surface area contributed by atoms with E-state index in [-0.39, 0.29) is 6.04 Å². The van der Waals surface area contributed by atoms with Gasteiger partial charge in [0.25, 0.3) is 0 Å². The van der Waals surface area contributed by atoms with Gasteiger partial charge in [-0.1, -0.05) is 0 Å². The van der Waals surface area contributed by atoms with Crippen molar-refractivity contribution in [1.29, 1.82) is 0 Å². The van der Waals surface area contributed by atoms with Crippen molar-refractivity contribution in [1.82, 2.24) is 5.43 Å². The Morgan fingerprint density at radius 1 is 1.70 bits per heavy atom. The third-order valence-electron chi connectivity index (χ3n) is 1.27. The Morgan fingerprint density at radius 2 is 2.40 bits per heavy atom. The van der Waals surface area contributed by atoms with Gasteiger partial charge >= 0.3 is 0 Å². The summed E-state index contributed by atoms with van der Waals surface area (Å²) >= 11 is 5.07. The van der Waals surface area contributed by atoms with Crippen LogP contribution in [-0.2, 0) is 0 Å². The summed E-state index contributed by atoms with van der Waals surface area (Å²) in [7, 11) is 0. The molecule has 0 saturated carbocycles. The van der Waals surface area contributed by atoms with Crippen LogP contribution in [0.1, 0.15) is 17.8 Å². The first-order chi connectivity index (χ1) is 4.74. The van der Waals surface area contributed by atoms with Gasteiger partial charge in [-0.15, -0.1) is 11.3 Å². The highest BCUT2D eigenvalue weighted by atomic mass is 79.9. The first kappa shape index (κ1) is 8.20. The van der Waals surface area contributed by atoms with E-state index < -0.39 is 0 Å². The maximum absolute atomic E-state index is 5.25. The molecule has 0 aliphatic carbocycles. The lowest BCUT2D eigenvalue weighted by Crippen LogP contribution is -2.24. The summed E-state index contributed by atoms with van der Waals surface area (Å²) in [6.07, 6.45) is 0. The molecule has 1 rings (SSSR count). The summed E-state index contributed by atoms with van der Waals surface area (Å²) < 4.78 is 1.14. The first-order valence-electron chi connectivity index (χ1n) is 2.95. The number of nitrogens with two attached hydrogens (primary N) is 1. The second-order valence-electron chi connectivity index (χ2n) is 2.03. The molecule has 0 radical (unpaired) electrons. The lowest BCUT2D eigenvalue weighted by molar-refractivity contribution is 0.612. The molecule has 10 heavy (non-hydrogen) atoms. The van der Waals surface area contributed by atoms with Gasteiger partial charge in [0.1, 0.15) is 0 Å². The first-order valence-corrected chi connectivity index (χ1v) is 4.56. The fourth-order valence-electron chi connectivity index (χ4n) is 0.643. The number of rotatable bonds is 2. The largest absolute Gasteiger partial charge is 0.271 e. The molecule has 1 atom stereocenters. The predicted octanol–water partition coefficient (Wildman–Crippen LogP) is 2.03. The Balaban J connectivity index is 2.74. The van der Waals surface area contributed by atoms with Crippen molar-refractivity contribution in [2.45, 2.75) is 13.0 Å². The van der Waals surface area contributed by atoms with Crippen LogP contribution in [0.4, 0.5) is 0 Å². The molecule has 0 saturated heterocycles. The van der Waals surface area contributed by atoms with E-state index in [2.05, 4.69) is 27.4 Å². The number of halogens is 1. The molecule has 0 fully saturated rings. The summed E-state index contributed by atoms with van der Waals surface area (Å²) in [5.74, 6) is 5.25. The molecule has 0 bridgehead atoms. The van der Waals surface area contributed by atoms with Gasteiger partial charge in [-0.05, 0) is 35.0 Å². The Labute approximate surface area is 72.5 Å². The third-order valence-corrected chi connectivity index (χ3v) is 3.08. The average molecular weight is 221 g/mol. The highest BCUT2D eigenvalue weighted by Gasteiger charge is 2.03. The van der Waals surface area contributed by atoms with E-state index in [9.17, 15) is 0 Å². The summed E-state index contributed by atoms with van der Waals surface area (Å²) in [5.41, 5.74) is 2.68. The van der Waals surface area contributed by atoms with Crippen molar-refractivity contribution in [2.24, 2.45) is 5.84 Å². The van der Waals surface area contributed by atoms with E-state index in [0.717, 1.165) is 3.79 Å². The van der Waals surface area contributed by atoms with Crippen LogP contribution < -0.4 is 11.3 Å². The molecule has 1 aromatic rings. The van der Waals surface area contributed by atoms with Crippen molar-refractivity contribution in [2.75, 3.05) is 0 Å². The Bertz CT molecular complexity index is 211. The van der Waals surface area contributed by atoms with Gasteiger partial charge < -0.3 is 0 Å². The lowest BCUT2D eigenvalue weighted by Gasteiger charge is -2.04. The van der Waals surface area contributed by atoms with E-state index in [1.165, 1.54) is 4.88 Å². The highest BCUT2D eigenvalue weighted by molar-refractivity contribution is 9.11. The quantitative estimate of drug-likeness (QED) is 0.592. The van der Waals surface area contributed by atoms with Gasteiger partial charge in [0.2, 0.25) is 0 Å². The second-order valence-corrected chi connectivity index (χ2v) is 4.52. The van der Waals surface area contributed by atoms with Crippen LogP contribution in [0.15, 0.2) is 15.9 Å². The molecule has 0 aromatic carbocycles. The SMILES string of the molecule is C[C@@H](NN)c1ccc(Br)s1. The molecule has 0 unspecified atom stereocenters. The normalized spacial score (nSPS) is 13.5. The summed E-state index contributed by atoms with van der Waals surface area (Å²) in [5, 5.41) is 0. The highest BCUT2D eigenvalue weighted by Crippen LogP contribution is 2.26. The van der Waals surface area contributed by atoms with Crippen LogP contribution in [0.25, 0.3) is 0 Å². The molecular formula is C6H9BrN2S. The summed E-state index contributed by atoms with van der Waals surface area (Å²) in [6.45, 7) is 2.03. The lowest BCUT2D eigenvalue weighted by atomic mass is 10.3. The average Bonchev–Trinajstić information content (AvgIpc) is 2.34. The molecule has 0 spiro atoms. The zero-order chi connectivity index (χ0) is 7.56. The second kappa shape index (κ2) is 3.48. The Kier molecular flexibility index (Phi) is 2.85. The fraction of sp³-hybridized carbons (Fsp3) is 0.333. The zero-order valence-electron chi connectivity index (χ0n) is 5.60. The van der Waals surface area contributed by atoms with Gasteiger partial charge in [0.05, 0.1) is 9.83 Å². The number of hydrazine groups is 1. The van der Waals surface area contributed by atoms with E-state index in [4.69, 9.17) is 5.84 Å². The minimum Gasteiger partial charge on any atom is -0.271 e. The van der Waals surface area contributed by atoms with Gasteiger partial charge in [-0.25, -0.2) is 0 Å². The van der Waals surface area contributed by atoms with Crippen molar-refractivity contribution >= 4 is 27.3 Å². The molecule has 56 valence electrons. The summed E-state index contributed by atoms with van der Waals surface area (Å²) in [6, 6.07) is 4.32. The van der Waals surface area contributed by atoms with E-state index in [1.807, 2.05) is 13.0 Å². The van der Waals surface area contributed by atoms with Crippen LogP contribution in [0, 0.1) is 0 Å². The zero-order valence-corrected chi connectivity index (χ0v) is 8.00. The van der Waals surface area contributed by atoms with Crippen LogP contribution in [0.3, 0.4) is 0 Å². The van der Waals surface area contributed by atoms with Crippen LogP contribution in [-0.4, -0.2) is 0 Å². The molecular weight excluding hydrogens is 212 g/mol. The molecule has 0 aliphatic heterocycles. The molecule has 1 aromatic heterocycles. The summed E-state index contributed by atoms with van der Waals surface area (Å²) in [4.78, 5) is 1.24. The Hall–Kier alpha value is 0.1000. The third kappa shape index (κ3) is 1.79. The molecule has 4 heteroatoms. The Morgan fingerprint density at radius 3 is 2.80 bits per heavy atom. The number of nitrogens with one attached hydrogen (secondary N) is 1. The van der Waals surface area contributed by atoms with Crippen molar-refractivity contribution in [3.8, 4) is 0 Å². The smallest absolute Gasteiger partial charge is 0.0701 e. The van der Waals surface area contributed by atoms with E-state index in [0.29, 0.717) is 0 Å². The monoisotopic (exact) mass is 220 g/mol. The van der Waals surface area contributed by atoms with Gasteiger partial charge in [0, 0.05) is 4.88 Å². The van der Waals surface area contributed by atoms with E-state index in [1.54, 1.807) is 11.3 Å². The molecule has 0 aliphatic rings. The minimum atomic E-state index is 0.247. The molecule has 0 amide bonds. The fourth-order valence-corrected chi connectivity index (χ4v) is 2.08. The van der Waals surface area contributed by atoms with Crippen LogP contribution in [0.2, 0.25) is 0 Å².